The summed E-state index contributed by atoms with van der Waals surface area (Å²) >= 11 is 0. The van der Waals surface area contributed by atoms with Gasteiger partial charge in [-0.05, 0) is 66.1 Å². The highest BCUT2D eigenvalue weighted by Gasteiger charge is 2.27. The van der Waals surface area contributed by atoms with Crippen LogP contribution in [0.4, 0.5) is 5.69 Å². The molecule has 0 aliphatic rings. The molecule has 8 heteroatoms. The zero-order valence-electron chi connectivity index (χ0n) is 21.2. The lowest BCUT2D eigenvalue weighted by Gasteiger charge is -2.21. The van der Waals surface area contributed by atoms with Gasteiger partial charge < -0.3 is 23.9 Å². The molecule has 1 N–H and O–H groups in total. The first-order valence-electron chi connectivity index (χ1n) is 11.9. The zero-order chi connectivity index (χ0) is 25.9. The Kier molecular flexibility index (Phi) is 7.45. The van der Waals surface area contributed by atoms with E-state index in [1.807, 2.05) is 63.2 Å². The van der Waals surface area contributed by atoms with Gasteiger partial charge in [-0.1, -0.05) is 26.8 Å². The van der Waals surface area contributed by atoms with Crippen LogP contribution in [0.15, 0.2) is 82.8 Å². The molecule has 7 nitrogen and oxygen atoms in total. The molecule has 0 saturated carbocycles. The molecule has 36 heavy (non-hydrogen) atoms. The summed E-state index contributed by atoms with van der Waals surface area (Å²) in [5.74, 6) is 1.89. The fourth-order valence-corrected chi connectivity index (χ4v) is 5.87. The number of nitrogens with zero attached hydrogens (tertiary/aromatic N) is 1. The number of ether oxygens (including phenoxy) is 3. The monoisotopic (exact) mass is 508 g/mol. The molecular weight excluding hydrogens is 476 g/mol. The van der Waals surface area contributed by atoms with Crippen LogP contribution < -0.4 is 19.5 Å². The molecule has 0 bridgehead atoms. The molecule has 4 rings (SSSR count). The predicted molar refractivity (Wildman–Crippen MR) is 141 cm³/mol. The normalized spacial score (nSPS) is 12.5. The Hall–Kier alpha value is -3.65. The van der Waals surface area contributed by atoms with Gasteiger partial charge in [0.2, 0.25) is 9.84 Å². The molecule has 0 fully saturated rings. The van der Waals surface area contributed by atoms with Crippen molar-refractivity contribution >= 4 is 21.0 Å². The van der Waals surface area contributed by atoms with Crippen molar-refractivity contribution in [3.63, 3.8) is 0 Å². The molecule has 0 amide bonds. The summed E-state index contributed by atoms with van der Waals surface area (Å²) in [6.07, 6.45) is 2.15. The lowest BCUT2D eigenvalue weighted by atomic mass is 10.1. The molecule has 0 aliphatic carbocycles. The van der Waals surface area contributed by atoms with Crippen LogP contribution in [0.25, 0.3) is 5.52 Å². The highest BCUT2D eigenvalue weighted by Crippen LogP contribution is 2.33. The fourth-order valence-electron chi connectivity index (χ4n) is 4.12. The van der Waals surface area contributed by atoms with Crippen LogP contribution >= 0.6 is 0 Å². The number of fused-ring (bicyclic) bond motifs is 1. The smallest absolute Gasteiger partial charge is 0.222 e. The SMILES string of the molecule is CCC(Nc1ccc(OC)c(OC)c1)Oc1ccc(S(=O)(=O)c2c(C(C)C)cc3ccccn23)cc1. The van der Waals surface area contributed by atoms with Gasteiger partial charge in [0.15, 0.2) is 17.7 Å². The third-order valence-electron chi connectivity index (χ3n) is 6.03. The maximum atomic E-state index is 13.7. The van der Waals surface area contributed by atoms with Crippen molar-refractivity contribution in [1.82, 2.24) is 4.40 Å². The van der Waals surface area contributed by atoms with Crippen molar-refractivity contribution in [2.24, 2.45) is 0 Å². The van der Waals surface area contributed by atoms with Crippen LogP contribution in [0, 0.1) is 0 Å². The van der Waals surface area contributed by atoms with Crippen molar-refractivity contribution < 1.29 is 22.6 Å². The fraction of sp³-hybridized carbons (Fsp3) is 0.286. The second-order valence-corrected chi connectivity index (χ2v) is 10.6. The van der Waals surface area contributed by atoms with Crippen LogP contribution in [-0.4, -0.2) is 33.3 Å². The van der Waals surface area contributed by atoms with E-state index in [0.29, 0.717) is 28.7 Å². The molecule has 190 valence electrons. The van der Waals surface area contributed by atoms with Gasteiger partial charge in [-0.15, -0.1) is 0 Å². The molecule has 2 aromatic heterocycles. The number of benzene rings is 2. The number of sulfone groups is 1. The first-order chi connectivity index (χ1) is 17.3. The van der Waals surface area contributed by atoms with E-state index in [4.69, 9.17) is 14.2 Å². The van der Waals surface area contributed by atoms with Gasteiger partial charge in [-0.3, -0.25) is 0 Å². The second-order valence-electron chi connectivity index (χ2n) is 8.76. The number of methoxy groups -OCH3 is 2. The summed E-state index contributed by atoms with van der Waals surface area (Å²) < 4.78 is 45.9. The van der Waals surface area contributed by atoms with E-state index in [0.717, 1.165) is 16.8 Å². The standard InChI is InChI=1S/C28H32N2O5S/c1-6-27(29-20-10-15-25(33-4)26(17-20)34-5)35-22-11-13-23(14-12-22)36(31,32)28-24(19(2)3)18-21-9-7-8-16-30(21)28/h7-19,27,29H,6H2,1-5H3. The van der Waals surface area contributed by atoms with Gasteiger partial charge in [0.25, 0.3) is 0 Å². The Balaban J connectivity index is 1.57. The third kappa shape index (κ3) is 4.99. The number of pyridine rings is 1. The summed E-state index contributed by atoms with van der Waals surface area (Å²) in [4.78, 5) is 0.224. The highest BCUT2D eigenvalue weighted by atomic mass is 32.2. The van der Waals surface area contributed by atoms with E-state index in [1.165, 1.54) is 0 Å². The van der Waals surface area contributed by atoms with Crippen LogP contribution in [0.1, 0.15) is 38.7 Å². The van der Waals surface area contributed by atoms with E-state index < -0.39 is 9.84 Å². The summed E-state index contributed by atoms with van der Waals surface area (Å²) in [6.45, 7) is 6.00. The zero-order valence-corrected chi connectivity index (χ0v) is 22.0. The summed E-state index contributed by atoms with van der Waals surface area (Å²) in [5, 5.41) is 3.64. The third-order valence-corrected chi connectivity index (χ3v) is 7.87. The Labute approximate surface area is 212 Å². The number of hydrogen-bond donors (Lipinski definition) is 1. The summed E-state index contributed by atoms with van der Waals surface area (Å²) in [6, 6.07) is 19.7. The maximum Gasteiger partial charge on any atom is 0.222 e. The molecule has 4 aromatic rings. The lowest BCUT2D eigenvalue weighted by Crippen LogP contribution is -2.25. The molecule has 2 aromatic carbocycles. The number of aromatic nitrogens is 1. The first-order valence-corrected chi connectivity index (χ1v) is 13.4. The minimum Gasteiger partial charge on any atom is -0.493 e. The van der Waals surface area contributed by atoms with E-state index in [2.05, 4.69) is 5.32 Å². The topological polar surface area (TPSA) is 78.3 Å². The quantitative estimate of drug-likeness (QED) is 0.259. The van der Waals surface area contributed by atoms with E-state index in [1.54, 1.807) is 49.1 Å². The van der Waals surface area contributed by atoms with Crippen LogP contribution in [0.2, 0.25) is 0 Å². The second kappa shape index (κ2) is 10.5. The van der Waals surface area contributed by atoms with Gasteiger partial charge >= 0.3 is 0 Å². The van der Waals surface area contributed by atoms with Gasteiger partial charge in [0, 0.05) is 29.9 Å². The van der Waals surface area contributed by atoms with Gasteiger partial charge in [-0.2, -0.15) is 0 Å². The molecule has 1 unspecified atom stereocenters. The van der Waals surface area contributed by atoms with Gasteiger partial charge in [0.1, 0.15) is 10.8 Å². The molecule has 2 heterocycles. The Morgan fingerprint density at radius 2 is 1.64 bits per heavy atom. The molecular formula is C28H32N2O5S. The van der Waals surface area contributed by atoms with Crippen LogP contribution in [0.5, 0.6) is 17.2 Å². The van der Waals surface area contributed by atoms with Crippen molar-refractivity contribution in [3.05, 3.63) is 78.5 Å². The van der Waals surface area contributed by atoms with Crippen molar-refractivity contribution in [2.75, 3.05) is 19.5 Å². The molecule has 0 spiro atoms. The number of hydrogen-bond acceptors (Lipinski definition) is 6. The van der Waals surface area contributed by atoms with Crippen molar-refractivity contribution in [1.29, 1.82) is 0 Å². The highest BCUT2D eigenvalue weighted by molar-refractivity contribution is 7.91. The minimum atomic E-state index is -3.75. The van der Waals surface area contributed by atoms with Gasteiger partial charge in [0.05, 0.1) is 19.1 Å². The largest absolute Gasteiger partial charge is 0.493 e. The van der Waals surface area contributed by atoms with Crippen LogP contribution in [-0.2, 0) is 9.84 Å². The van der Waals surface area contributed by atoms with E-state index in [-0.39, 0.29) is 17.0 Å². The lowest BCUT2D eigenvalue weighted by molar-refractivity contribution is 0.225. The number of anilines is 1. The maximum absolute atomic E-state index is 13.7. The van der Waals surface area contributed by atoms with E-state index in [9.17, 15) is 8.42 Å². The first kappa shape index (κ1) is 25.4. The Bertz CT molecular complexity index is 1440. The Morgan fingerprint density at radius 3 is 2.28 bits per heavy atom. The van der Waals surface area contributed by atoms with Gasteiger partial charge in [-0.25, -0.2) is 8.42 Å². The average molecular weight is 509 g/mol. The average Bonchev–Trinajstić information content (AvgIpc) is 3.29. The molecule has 1 atom stereocenters. The number of nitrogens with one attached hydrogen (secondary N) is 1. The van der Waals surface area contributed by atoms with E-state index >= 15 is 0 Å². The van der Waals surface area contributed by atoms with Crippen molar-refractivity contribution in [3.8, 4) is 17.2 Å². The predicted octanol–water partition coefficient (Wildman–Crippen LogP) is 6.14. The molecule has 0 saturated heterocycles. The van der Waals surface area contributed by atoms with Crippen molar-refractivity contribution in [2.45, 2.75) is 49.3 Å². The molecule has 0 aliphatic heterocycles. The summed E-state index contributed by atoms with van der Waals surface area (Å²) in [5.41, 5.74) is 2.47. The Morgan fingerprint density at radius 1 is 0.917 bits per heavy atom. The summed E-state index contributed by atoms with van der Waals surface area (Å²) in [7, 11) is -0.564. The number of rotatable bonds is 10. The van der Waals surface area contributed by atoms with Crippen LogP contribution in [0.3, 0.4) is 0 Å². The molecule has 0 radical (unpaired) electrons. The minimum absolute atomic E-state index is 0.0604.